The zero-order valence-electron chi connectivity index (χ0n) is 13.2. The third-order valence-electron chi connectivity index (χ3n) is 3.59. The standard InChI is InChI=1S/C17H25N3S/c1-4-10-18-14(3)17-9-8-15(12-19-17)20(5-2)13-16-7-6-11-21-16/h6-9,11-12,14,18H,4-5,10,13H2,1-3H3. The van der Waals surface area contributed by atoms with E-state index in [4.69, 9.17) is 0 Å². The molecule has 0 saturated heterocycles. The summed E-state index contributed by atoms with van der Waals surface area (Å²) in [4.78, 5) is 8.37. The number of anilines is 1. The highest BCUT2D eigenvalue weighted by Crippen LogP contribution is 2.20. The Balaban J connectivity index is 2.02. The molecule has 0 aliphatic heterocycles. The molecule has 2 aromatic heterocycles. The van der Waals surface area contributed by atoms with Gasteiger partial charge in [-0.15, -0.1) is 11.3 Å². The Hall–Kier alpha value is -1.39. The predicted octanol–water partition coefficient (Wildman–Crippen LogP) is 4.23. The Bertz CT molecular complexity index is 507. The quantitative estimate of drug-likeness (QED) is 0.791. The fourth-order valence-electron chi connectivity index (χ4n) is 2.28. The fraction of sp³-hybridized carbons (Fsp3) is 0.471. The van der Waals surface area contributed by atoms with Gasteiger partial charge >= 0.3 is 0 Å². The number of hydrogen-bond donors (Lipinski definition) is 1. The van der Waals surface area contributed by atoms with Crippen molar-refractivity contribution in [1.29, 1.82) is 0 Å². The van der Waals surface area contributed by atoms with Gasteiger partial charge in [-0.2, -0.15) is 0 Å². The van der Waals surface area contributed by atoms with Crippen LogP contribution < -0.4 is 10.2 Å². The van der Waals surface area contributed by atoms with E-state index in [9.17, 15) is 0 Å². The third-order valence-corrected chi connectivity index (χ3v) is 4.45. The van der Waals surface area contributed by atoms with Crippen LogP contribution in [0.3, 0.4) is 0 Å². The van der Waals surface area contributed by atoms with E-state index in [1.54, 1.807) is 11.3 Å². The predicted molar refractivity (Wildman–Crippen MR) is 92.0 cm³/mol. The molecule has 0 radical (unpaired) electrons. The van der Waals surface area contributed by atoms with Crippen LogP contribution in [0, 0.1) is 0 Å². The molecule has 3 nitrogen and oxygen atoms in total. The first kappa shape index (κ1) is 16.0. The van der Waals surface area contributed by atoms with E-state index in [0.717, 1.165) is 31.7 Å². The minimum atomic E-state index is 0.311. The molecule has 2 aromatic rings. The summed E-state index contributed by atoms with van der Waals surface area (Å²) >= 11 is 1.81. The topological polar surface area (TPSA) is 28.2 Å². The van der Waals surface area contributed by atoms with Crippen molar-refractivity contribution in [1.82, 2.24) is 10.3 Å². The van der Waals surface area contributed by atoms with E-state index in [1.807, 2.05) is 6.20 Å². The zero-order valence-corrected chi connectivity index (χ0v) is 14.0. The van der Waals surface area contributed by atoms with E-state index in [-0.39, 0.29) is 0 Å². The largest absolute Gasteiger partial charge is 0.365 e. The molecule has 0 bridgehead atoms. The maximum atomic E-state index is 4.63. The van der Waals surface area contributed by atoms with E-state index >= 15 is 0 Å². The molecule has 0 saturated carbocycles. The number of thiophene rings is 1. The SMILES string of the molecule is CCCNC(C)c1ccc(N(CC)Cc2cccs2)cn1. The van der Waals surface area contributed by atoms with E-state index in [1.165, 1.54) is 10.6 Å². The lowest BCUT2D eigenvalue weighted by atomic mass is 10.2. The summed E-state index contributed by atoms with van der Waals surface area (Å²) in [5.41, 5.74) is 2.30. The average molecular weight is 303 g/mol. The van der Waals surface area contributed by atoms with Gasteiger partial charge in [0.15, 0.2) is 0 Å². The summed E-state index contributed by atoms with van der Waals surface area (Å²) in [6.45, 7) is 9.51. The first-order valence-corrected chi connectivity index (χ1v) is 8.59. The van der Waals surface area contributed by atoms with E-state index in [2.05, 4.69) is 65.6 Å². The molecule has 1 atom stereocenters. The molecule has 0 aliphatic rings. The summed E-state index contributed by atoms with van der Waals surface area (Å²) in [5, 5.41) is 5.60. The van der Waals surface area contributed by atoms with Crippen molar-refractivity contribution in [3.8, 4) is 0 Å². The number of rotatable bonds is 8. The molecule has 0 aromatic carbocycles. The molecule has 1 N–H and O–H groups in total. The molecule has 114 valence electrons. The second kappa shape index (κ2) is 8.15. The van der Waals surface area contributed by atoms with Crippen LogP contribution in [0.4, 0.5) is 5.69 Å². The van der Waals surface area contributed by atoms with Gasteiger partial charge in [-0.25, -0.2) is 0 Å². The molecular formula is C17H25N3S. The molecule has 2 rings (SSSR count). The summed E-state index contributed by atoms with van der Waals surface area (Å²) < 4.78 is 0. The average Bonchev–Trinajstić information content (AvgIpc) is 3.03. The lowest BCUT2D eigenvalue weighted by Gasteiger charge is -2.22. The Kier molecular flexibility index (Phi) is 6.21. The molecule has 4 heteroatoms. The summed E-state index contributed by atoms with van der Waals surface area (Å²) in [7, 11) is 0. The van der Waals surface area contributed by atoms with Gasteiger partial charge in [0.1, 0.15) is 0 Å². The third kappa shape index (κ3) is 4.55. The molecule has 0 aliphatic carbocycles. The Morgan fingerprint density at radius 3 is 2.71 bits per heavy atom. The van der Waals surface area contributed by atoms with Crippen LogP contribution in [0.5, 0.6) is 0 Å². The van der Waals surface area contributed by atoms with Gasteiger partial charge in [-0.05, 0) is 50.4 Å². The smallest absolute Gasteiger partial charge is 0.0572 e. The van der Waals surface area contributed by atoms with Gasteiger partial charge in [0.2, 0.25) is 0 Å². The van der Waals surface area contributed by atoms with Crippen LogP contribution in [-0.2, 0) is 6.54 Å². The van der Waals surface area contributed by atoms with Crippen LogP contribution in [-0.4, -0.2) is 18.1 Å². The van der Waals surface area contributed by atoms with Gasteiger partial charge in [-0.3, -0.25) is 4.98 Å². The van der Waals surface area contributed by atoms with Crippen molar-refractivity contribution in [3.63, 3.8) is 0 Å². The van der Waals surface area contributed by atoms with Gasteiger partial charge in [0.25, 0.3) is 0 Å². The molecule has 21 heavy (non-hydrogen) atoms. The zero-order chi connectivity index (χ0) is 15.1. The minimum absolute atomic E-state index is 0.311. The first-order valence-electron chi connectivity index (χ1n) is 7.71. The van der Waals surface area contributed by atoms with Gasteiger partial charge in [0.05, 0.1) is 24.1 Å². The molecule has 0 fully saturated rings. The van der Waals surface area contributed by atoms with Crippen LogP contribution in [0.1, 0.15) is 43.8 Å². The number of aromatic nitrogens is 1. The maximum Gasteiger partial charge on any atom is 0.0572 e. The first-order chi connectivity index (χ1) is 10.2. The molecule has 1 unspecified atom stereocenters. The molecule has 0 spiro atoms. The highest BCUT2D eigenvalue weighted by molar-refractivity contribution is 7.09. The van der Waals surface area contributed by atoms with Crippen LogP contribution >= 0.6 is 11.3 Å². The van der Waals surface area contributed by atoms with Gasteiger partial charge in [0, 0.05) is 17.5 Å². The summed E-state index contributed by atoms with van der Waals surface area (Å²) in [5.74, 6) is 0. The van der Waals surface area contributed by atoms with Crippen molar-refractivity contribution in [2.24, 2.45) is 0 Å². The van der Waals surface area contributed by atoms with Crippen LogP contribution in [0.15, 0.2) is 35.8 Å². The van der Waals surface area contributed by atoms with Crippen molar-refractivity contribution >= 4 is 17.0 Å². The van der Waals surface area contributed by atoms with E-state index < -0.39 is 0 Å². The normalized spacial score (nSPS) is 12.3. The fourth-order valence-corrected chi connectivity index (χ4v) is 3.00. The number of hydrogen-bond acceptors (Lipinski definition) is 4. The highest BCUT2D eigenvalue weighted by Gasteiger charge is 2.09. The highest BCUT2D eigenvalue weighted by atomic mass is 32.1. The van der Waals surface area contributed by atoms with Crippen LogP contribution in [0.2, 0.25) is 0 Å². The Labute approximate surface area is 132 Å². The summed E-state index contributed by atoms with van der Waals surface area (Å²) in [6.07, 6.45) is 3.14. The number of nitrogens with zero attached hydrogens (tertiary/aromatic N) is 2. The number of nitrogens with one attached hydrogen (secondary N) is 1. The van der Waals surface area contributed by atoms with Crippen molar-refractivity contribution in [2.45, 2.75) is 39.8 Å². The van der Waals surface area contributed by atoms with Gasteiger partial charge in [-0.1, -0.05) is 13.0 Å². The monoisotopic (exact) mass is 303 g/mol. The van der Waals surface area contributed by atoms with E-state index in [0.29, 0.717) is 6.04 Å². The lowest BCUT2D eigenvalue weighted by Crippen LogP contribution is -2.23. The van der Waals surface area contributed by atoms with Crippen molar-refractivity contribution in [2.75, 3.05) is 18.0 Å². The Morgan fingerprint density at radius 2 is 2.14 bits per heavy atom. The minimum Gasteiger partial charge on any atom is -0.365 e. The maximum absolute atomic E-state index is 4.63. The molecular weight excluding hydrogens is 278 g/mol. The summed E-state index contributed by atoms with van der Waals surface area (Å²) in [6, 6.07) is 8.93. The van der Waals surface area contributed by atoms with Crippen molar-refractivity contribution < 1.29 is 0 Å². The van der Waals surface area contributed by atoms with Crippen molar-refractivity contribution in [3.05, 3.63) is 46.4 Å². The second-order valence-corrected chi connectivity index (χ2v) is 6.24. The molecule has 0 amide bonds. The second-order valence-electron chi connectivity index (χ2n) is 5.21. The Morgan fingerprint density at radius 1 is 1.29 bits per heavy atom. The van der Waals surface area contributed by atoms with Crippen LogP contribution in [0.25, 0.3) is 0 Å². The van der Waals surface area contributed by atoms with Gasteiger partial charge < -0.3 is 10.2 Å². The lowest BCUT2D eigenvalue weighted by molar-refractivity contribution is 0.558. The number of pyridine rings is 1. The molecule has 2 heterocycles.